The first kappa shape index (κ1) is 14.1. The number of alkyl halides is 1. The molecular formula is C17H22BrNO. The highest BCUT2D eigenvalue weighted by atomic mass is 79.9. The van der Waals surface area contributed by atoms with Crippen LogP contribution in [0.15, 0.2) is 30.3 Å². The summed E-state index contributed by atoms with van der Waals surface area (Å²) in [6.45, 7) is 0.959. The fourth-order valence-electron chi connectivity index (χ4n) is 3.50. The molecule has 0 N–H and O–H groups in total. The largest absolute Gasteiger partial charge is 0.339 e. The molecule has 0 radical (unpaired) electrons. The lowest BCUT2D eigenvalue weighted by molar-refractivity contribution is -0.134. The SMILES string of the molecule is O=C(N1CCCC1CCCBr)C1(c2ccccc2)CC1. The number of benzene rings is 1. The molecule has 3 heteroatoms. The van der Waals surface area contributed by atoms with Gasteiger partial charge in [0, 0.05) is 17.9 Å². The molecule has 0 bridgehead atoms. The lowest BCUT2D eigenvalue weighted by Crippen LogP contribution is -2.42. The van der Waals surface area contributed by atoms with Crippen molar-refractivity contribution in [3.8, 4) is 0 Å². The van der Waals surface area contributed by atoms with Gasteiger partial charge in [0.1, 0.15) is 0 Å². The van der Waals surface area contributed by atoms with Crippen molar-refractivity contribution in [2.45, 2.75) is 50.0 Å². The van der Waals surface area contributed by atoms with Gasteiger partial charge in [-0.2, -0.15) is 0 Å². The van der Waals surface area contributed by atoms with Crippen LogP contribution in [0.5, 0.6) is 0 Å². The Balaban J connectivity index is 1.75. The van der Waals surface area contributed by atoms with E-state index in [1.165, 1.54) is 18.4 Å². The molecule has 0 aromatic heterocycles. The van der Waals surface area contributed by atoms with Crippen LogP contribution in [-0.4, -0.2) is 28.7 Å². The number of nitrogens with zero attached hydrogens (tertiary/aromatic N) is 1. The van der Waals surface area contributed by atoms with Crippen LogP contribution in [0.2, 0.25) is 0 Å². The molecule has 1 aromatic carbocycles. The van der Waals surface area contributed by atoms with E-state index in [0.717, 1.165) is 37.6 Å². The molecule has 1 atom stereocenters. The van der Waals surface area contributed by atoms with E-state index in [1.54, 1.807) is 0 Å². The fourth-order valence-corrected chi connectivity index (χ4v) is 3.82. The van der Waals surface area contributed by atoms with Crippen molar-refractivity contribution >= 4 is 21.8 Å². The molecule has 108 valence electrons. The van der Waals surface area contributed by atoms with E-state index in [4.69, 9.17) is 0 Å². The minimum atomic E-state index is -0.182. The number of likely N-dealkylation sites (tertiary alicyclic amines) is 1. The summed E-state index contributed by atoms with van der Waals surface area (Å²) in [4.78, 5) is 15.2. The van der Waals surface area contributed by atoms with Gasteiger partial charge in [-0.1, -0.05) is 46.3 Å². The van der Waals surface area contributed by atoms with Gasteiger partial charge in [0.25, 0.3) is 0 Å². The van der Waals surface area contributed by atoms with Gasteiger partial charge in [-0.25, -0.2) is 0 Å². The standard InChI is InChI=1S/C17H22BrNO/c18-12-4-8-15-9-5-13-19(15)16(20)17(10-11-17)14-6-2-1-3-7-14/h1-3,6-7,15H,4-5,8-13H2. The second-order valence-electron chi connectivity index (χ2n) is 6.07. The normalized spacial score (nSPS) is 23.9. The molecule has 2 aliphatic rings. The van der Waals surface area contributed by atoms with Crippen molar-refractivity contribution in [2.24, 2.45) is 0 Å². The molecule has 1 saturated carbocycles. The number of hydrogen-bond donors (Lipinski definition) is 0. The molecule has 1 heterocycles. The van der Waals surface area contributed by atoms with Crippen molar-refractivity contribution in [2.75, 3.05) is 11.9 Å². The van der Waals surface area contributed by atoms with Gasteiger partial charge in [-0.3, -0.25) is 4.79 Å². The Kier molecular flexibility index (Phi) is 4.16. The van der Waals surface area contributed by atoms with Crippen molar-refractivity contribution in [3.05, 3.63) is 35.9 Å². The van der Waals surface area contributed by atoms with Crippen LogP contribution in [0.3, 0.4) is 0 Å². The van der Waals surface area contributed by atoms with Crippen LogP contribution >= 0.6 is 15.9 Å². The second-order valence-corrected chi connectivity index (χ2v) is 6.87. The Labute approximate surface area is 129 Å². The van der Waals surface area contributed by atoms with Gasteiger partial charge in [-0.15, -0.1) is 0 Å². The molecule has 1 aliphatic carbocycles. The summed E-state index contributed by atoms with van der Waals surface area (Å²) in [7, 11) is 0. The topological polar surface area (TPSA) is 20.3 Å². The Hall–Kier alpha value is -0.830. The van der Waals surface area contributed by atoms with Crippen molar-refractivity contribution < 1.29 is 4.79 Å². The molecule has 1 amide bonds. The lowest BCUT2D eigenvalue weighted by Gasteiger charge is -2.29. The van der Waals surface area contributed by atoms with E-state index in [1.807, 2.05) is 6.07 Å². The first-order chi connectivity index (χ1) is 9.78. The van der Waals surface area contributed by atoms with E-state index in [-0.39, 0.29) is 5.41 Å². The maximum atomic E-state index is 13.0. The first-order valence-corrected chi connectivity index (χ1v) is 8.83. The van der Waals surface area contributed by atoms with E-state index < -0.39 is 0 Å². The summed E-state index contributed by atoms with van der Waals surface area (Å²) >= 11 is 3.50. The average molecular weight is 336 g/mol. The van der Waals surface area contributed by atoms with Crippen LogP contribution in [0.1, 0.15) is 44.1 Å². The highest BCUT2D eigenvalue weighted by molar-refractivity contribution is 9.09. The Morgan fingerprint density at radius 1 is 1.30 bits per heavy atom. The van der Waals surface area contributed by atoms with E-state index in [2.05, 4.69) is 45.1 Å². The number of hydrogen-bond acceptors (Lipinski definition) is 1. The van der Waals surface area contributed by atoms with Crippen LogP contribution in [-0.2, 0) is 10.2 Å². The summed E-state index contributed by atoms with van der Waals surface area (Å²) in [5, 5.41) is 1.04. The maximum Gasteiger partial charge on any atom is 0.233 e. The van der Waals surface area contributed by atoms with Gasteiger partial charge in [0.05, 0.1) is 5.41 Å². The van der Waals surface area contributed by atoms with E-state index in [9.17, 15) is 4.79 Å². The van der Waals surface area contributed by atoms with E-state index in [0.29, 0.717) is 11.9 Å². The number of halogens is 1. The zero-order valence-electron chi connectivity index (χ0n) is 11.9. The predicted octanol–water partition coefficient (Wildman–Crippen LogP) is 3.88. The smallest absolute Gasteiger partial charge is 0.233 e. The van der Waals surface area contributed by atoms with Crippen molar-refractivity contribution in [3.63, 3.8) is 0 Å². The molecule has 3 rings (SSSR count). The zero-order valence-corrected chi connectivity index (χ0v) is 13.4. The minimum absolute atomic E-state index is 0.182. The highest BCUT2D eigenvalue weighted by Gasteiger charge is 2.54. The van der Waals surface area contributed by atoms with Crippen LogP contribution in [0.25, 0.3) is 0 Å². The molecule has 1 aliphatic heterocycles. The number of carbonyl (C=O) groups excluding carboxylic acids is 1. The fraction of sp³-hybridized carbons (Fsp3) is 0.588. The third-order valence-corrected chi connectivity index (χ3v) is 5.36. The molecular weight excluding hydrogens is 314 g/mol. The second kappa shape index (κ2) is 5.88. The average Bonchev–Trinajstić information content (AvgIpc) is 3.18. The first-order valence-electron chi connectivity index (χ1n) is 7.70. The lowest BCUT2D eigenvalue weighted by atomic mass is 9.93. The Morgan fingerprint density at radius 2 is 2.05 bits per heavy atom. The summed E-state index contributed by atoms with van der Waals surface area (Å²) in [5.41, 5.74) is 1.04. The van der Waals surface area contributed by atoms with Crippen LogP contribution < -0.4 is 0 Å². The van der Waals surface area contributed by atoms with Gasteiger partial charge in [0.15, 0.2) is 0 Å². The summed E-state index contributed by atoms with van der Waals surface area (Å²) < 4.78 is 0. The maximum absolute atomic E-state index is 13.0. The molecule has 1 saturated heterocycles. The van der Waals surface area contributed by atoms with Crippen LogP contribution in [0.4, 0.5) is 0 Å². The van der Waals surface area contributed by atoms with Gasteiger partial charge >= 0.3 is 0 Å². The summed E-state index contributed by atoms with van der Waals surface area (Å²) in [6, 6.07) is 10.8. The molecule has 1 unspecified atom stereocenters. The molecule has 2 nitrogen and oxygen atoms in total. The monoisotopic (exact) mass is 335 g/mol. The Morgan fingerprint density at radius 3 is 2.70 bits per heavy atom. The molecule has 2 fully saturated rings. The summed E-state index contributed by atoms with van der Waals surface area (Å²) in [5.74, 6) is 0.390. The number of rotatable bonds is 5. The Bertz CT molecular complexity index is 469. The predicted molar refractivity (Wildman–Crippen MR) is 85.1 cm³/mol. The van der Waals surface area contributed by atoms with Gasteiger partial charge in [0.2, 0.25) is 5.91 Å². The zero-order chi connectivity index (χ0) is 14.0. The number of carbonyl (C=O) groups is 1. The van der Waals surface area contributed by atoms with Crippen molar-refractivity contribution in [1.82, 2.24) is 4.90 Å². The molecule has 0 spiro atoms. The highest BCUT2D eigenvalue weighted by Crippen LogP contribution is 2.50. The van der Waals surface area contributed by atoms with Gasteiger partial charge < -0.3 is 4.90 Å². The molecule has 20 heavy (non-hydrogen) atoms. The van der Waals surface area contributed by atoms with Crippen molar-refractivity contribution in [1.29, 1.82) is 0 Å². The van der Waals surface area contributed by atoms with Gasteiger partial charge in [-0.05, 0) is 44.1 Å². The molecule has 1 aromatic rings. The quantitative estimate of drug-likeness (QED) is 0.747. The number of amides is 1. The van der Waals surface area contributed by atoms with E-state index >= 15 is 0 Å². The summed E-state index contributed by atoms with van der Waals surface area (Å²) in [6.07, 6.45) is 6.71. The minimum Gasteiger partial charge on any atom is -0.339 e. The van der Waals surface area contributed by atoms with Crippen LogP contribution in [0, 0.1) is 0 Å². The third-order valence-electron chi connectivity index (χ3n) is 4.79. The third kappa shape index (κ3) is 2.52.